The highest BCUT2D eigenvalue weighted by Gasteiger charge is 2.29. The van der Waals surface area contributed by atoms with Gasteiger partial charge in [0.25, 0.3) is 5.70 Å². The molecule has 0 aromatic heterocycles. The highest BCUT2D eigenvalue weighted by molar-refractivity contribution is 5.75. The molecule has 1 aliphatic carbocycles. The number of hydrogen-bond donors (Lipinski definition) is 0. The normalized spacial score (nSPS) is 21.4. The summed E-state index contributed by atoms with van der Waals surface area (Å²) in [5, 5.41) is 9.32. The van der Waals surface area contributed by atoms with Gasteiger partial charge in [-0.25, -0.2) is 10.1 Å². The van der Waals surface area contributed by atoms with Crippen molar-refractivity contribution in [1.29, 1.82) is 5.26 Å². The number of allylic oxidation sites excluding steroid dienone is 5. The highest BCUT2D eigenvalue weighted by Crippen LogP contribution is 2.44. The van der Waals surface area contributed by atoms with Crippen LogP contribution in [-0.2, 0) is 12.8 Å². The van der Waals surface area contributed by atoms with Gasteiger partial charge in [0, 0.05) is 29.9 Å². The fraction of sp³-hybridized carbons (Fsp3) is 0.462. The molecule has 0 saturated carbocycles. The van der Waals surface area contributed by atoms with Gasteiger partial charge >= 0.3 is 0 Å². The zero-order chi connectivity index (χ0) is 21.3. The second kappa shape index (κ2) is 8.04. The average Bonchev–Trinajstić information content (AvgIpc) is 2.72. The third-order valence-electron chi connectivity index (χ3n) is 6.42. The average molecular weight is 400 g/mol. The number of nitriles is 1. The van der Waals surface area contributed by atoms with Crippen LogP contribution in [0.25, 0.3) is 10.9 Å². The Bertz CT molecular complexity index is 1030. The smallest absolute Gasteiger partial charge is 0.265 e. The van der Waals surface area contributed by atoms with Crippen LogP contribution in [0.1, 0.15) is 56.2 Å². The Morgan fingerprint density at radius 3 is 2.70 bits per heavy atom. The van der Waals surface area contributed by atoms with Crippen LogP contribution in [0, 0.1) is 23.3 Å². The van der Waals surface area contributed by atoms with Crippen LogP contribution < -0.4 is 9.64 Å². The minimum atomic E-state index is 0.0307. The van der Waals surface area contributed by atoms with E-state index >= 15 is 0 Å². The van der Waals surface area contributed by atoms with E-state index < -0.39 is 0 Å². The molecule has 0 radical (unpaired) electrons. The molecule has 0 N–H and O–H groups in total. The van der Waals surface area contributed by atoms with E-state index in [4.69, 9.17) is 11.3 Å². The molecule has 0 atom stereocenters. The predicted molar refractivity (Wildman–Crippen MR) is 121 cm³/mol. The molecule has 154 valence electrons. The zero-order valence-corrected chi connectivity index (χ0v) is 18.2. The molecule has 0 spiro atoms. The molecule has 4 heteroatoms. The van der Waals surface area contributed by atoms with Gasteiger partial charge in [-0.15, -0.1) is 0 Å². The summed E-state index contributed by atoms with van der Waals surface area (Å²) >= 11 is 0. The Labute approximate surface area is 180 Å². The van der Waals surface area contributed by atoms with Gasteiger partial charge in [0.15, 0.2) is 0 Å². The first-order valence-corrected chi connectivity index (χ1v) is 10.8. The summed E-state index contributed by atoms with van der Waals surface area (Å²) in [4.78, 5) is 5.97. The van der Waals surface area contributed by atoms with Gasteiger partial charge in [-0.2, -0.15) is 0 Å². The molecule has 0 fully saturated rings. The largest absolute Gasteiger partial charge is 0.496 e. The number of aryl methyl sites for hydroxylation is 1. The Hall–Kier alpha value is -2.98. The molecule has 30 heavy (non-hydrogen) atoms. The number of rotatable bonds is 3. The number of anilines is 1. The maximum atomic E-state index is 9.32. The Morgan fingerprint density at radius 2 is 2.00 bits per heavy atom. The Morgan fingerprint density at radius 1 is 1.23 bits per heavy atom. The van der Waals surface area contributed by atoms with E-state index in [1.54, 1.807) is 7.11 Å². The van der Waals surface area contributed by atoms with Crippen molar-refractivity contribution in [2.24, 2.45) is 5.41 Å². The molecule has 0 unspecified atom stereocenters. The van der Waals surface area contributed by atoms with Gasteiger partial charge in [-0.05, 0) is 66.7 Å². The standard InChI is InChI=1S/C26H29N3O/c1-26(2)15-18(13-21(16-26)23(17-27)28-3)9-10-20-14-19-7-5-11-29-12-6-8-22(24(19)29)25(20)30-4/h9-10,13-14H,5-8,11-12,15-16H2,1-2,4H3/b10-9+,23-21-. The second-order valence-electron chi connectivity index (χ2n) is 9.35. The number of benzene rings is 1. The molecule has 3 aliphatic rings. The third-order valence-corrected chi connectivity index (χ3v) is 6.42. The third kappa shape index (κ3) is 3.75. The lowest BCUT2D eigenvalue weighted by Crippen LogP contribution is -2.34. The molecule has 0 bridgehead atoms. The first-order valence-electron chi connectivity index (χ1n) is 10.8. The molecule has 0 saturated heterocycles. The summed E-state index contributed by atoms with van der Waals surface area (Å²) in [6.45, 7) is 14.0. The summed E-state index contributed by atoms with van der Waals surface area (Å²) < 4.78 is 5.90. The van der Waals surface area contributed by atoms with Crippen LogP contribution in [0.2, 0.25) is 0 Å². The summed E-state index contributed by atoms with van der Waals surface area (Å²) in [5.74, 6) is 1.00. The minimum absolute atomic E-state index is 0.0307. The fourth-order valence-electron chi connectivity index (χ4n) is 5.30. The molecule has 2 heterocycles. The molecular weight excluding hydrogens is 370 g/mol. The van der Waals surface area contributed by atoms with Crippen molar-refractivity contribution >= 4 is 11.8 Å². The van der Waals surface area contributed by atoms with Gasteiger partial charge in [-0.1, -0.05) is 32.1 Å². The summed E-state index contributed by atoms with van der Waals surface area (Å²) in [5.41, 5.74) is 7.61. The minimum Gasteiger partial charge on any atom is -0.496 e. The first kappa shape index (κ1) is 20.3. The van der Waals surface area contributed by atoms with Gasteiger partial charge in [0.1, 0.15) is 5.75 Å². The molecular formula is C26H29N3O. The van der Waals surface area contributed by atoms with Crippen LogP contribution in [0.15, 0.2) is 35.1 Å². The van der Waals surface area contributed by atoms with Crippen molar-refractivity contribution < 1.29 is 4.74 Å². The first-order chi connectivity index (χ1) is 14.5. The summed E-state index contributed by atoms with van der Waals surface area (Å²) in [6, 6.07) is 4.37. The maximum absolute atomic E-state index is 9.32. The van der Waals surface area contributed by atoms with E-state index in [9.17, 15) is 5.26 Å². The quantitative estimate of drug-likeness (QED) is 0.473. The topological polar surface area (TPSA) is 40.6 Å². The van der Waals surface area contributed by atoms with Crippen molar-refractivity contribution in [2.45, 2.75) is 52.4 Å². The van der Waals surface area contributed by atoms with E-state index in [0.717, 1.165) is 61.2 Å². The maximum Gasteiger partial charge on any atom is 0.265 e. The van der Waals surface area contributed by atoms with Crippen LogP contribution >= 0.6 is 0 Å². The van der Waals surface area contributed by atoms with Crippen LogP contribution in [0.4, 0.5) is 5.69 Å². The number of hydrogen-bond acceptors (Lipinski definition) is 3. The molecule has 0 amide bonds. The zero-order valence-electron chi connectivity index (χ0n) is 18.2. The van der Waals surface area contributed by atoms with Gasteiger partial charge in [0.05, 0.1) is 19.8 Å². The summed E-state index contributed by atoms with van der Waals surface area (Å²) in [7, 11) is 1.77. The van der Waals surface area contributed by atoms with E-state index in [1.165, 1.54) is 29.7 Å². The lowest BCUT2D eigenvalue weighted by Gasteiger charge is -2.38. The lowest BCUT2D eigenvalue weighted by atomic mass is 9.74. The van der Waals surface area contributed by atoms with Crippen LogP contribution in [-0.4, -0.2) is 20.2 Å². The van der Waals surface area contributed by atoms with E-state index in [1.807, 2.05) is 6.08 Å². The van der Waals surface area contributed by atoms with Crippen molar-refractivity contribution in [3.8, 4) is 11.8 Å². The predicted octanol–water partition coefficient (Wildman–Crippen LogP) is 5.85. The summed E-state index contributed by atoms with van der Waals surface area (Å²) in [6.07, 6.45) is 12.6. The fourth-order valence-corrected chi connectivity index (χ4v) is 5.30. The number of ether oxygens (including phenoxy) is 1. The molecule has 1 aromatic rings. The second-order valence-corrected chi connectivity index (χ2v) is 9.35. The van der Waals surface area contributed by atoms with Crippen LogP contribution in [0.3, 0.4) is 0 Å². The van der Waals surface area contributed by atoms with Crippen molar-refractivity contribution in [1.82, 2.24) is 0 Å². The van der Waals surface area contributed by atoms with E-state index in [0.29, 0.717) is 0 Å². The number of nitrogens with zero attached hydrogens (tertiary/aromatic N) is 3. The molecule has 4 rings (SSSR count). The monoisotopic (exact) mass is 399 g/mol. The lowest BCUT2D eigenvalue weighted by molar-refractivity contribution is 0.354. The van der Waals surface area contributed by atoms with Gasteiger partial charge < -0.3 is 9.64 Å². The molecule has 1 aromatic carbocycles. The van der Waals surface area contributed by atoms with Crippen molar-refractivity contribution in [2.75, 3.05) is 25.1 Å². The Balaban J connectivity index is 1.75. The Kier molecular flexibility index (Phi) is 5.44. The highest BCUT2D eigenvalue weighted by atomic mass is 16.5. The van der Waals surface area contributed by atoms with E-state index in [-0.39, 0.29) is 11.1 Å². The van der Waals surface area contributed by atoms with Gasteiger partial charge in [-0.3, -0.25) is 0 Å². The van der Waals surface area contributed by atoms with Gasteiger partial charge in [0.2, 0.25) is 0 Å². The van der Waals surface area contributed by atoms with Crippen molar-refractivity contribution in [3.05, 3.63) is 63.2 Å². The molecule has 4 nitrogen and oxygen atoms in total. The van der Waals surface area contributed by atoms with E-state index in [2.05, 4.69) is 47.9 Å². The molecule has 2 aliphatic heterocycles. The van der Waals surface area contributed by atoms with Crippen LogP contribution in [0.5, 0.6) is 5.75 Å². The number of methoxy groups -OCH3 is 1. The SMILES string of the molecule is [C-]#[N+]/C(C#N)=C1C=C(/C=C/c2cc3c4c(c2OC)CCCN4CCC3)CC(C)(C)C/1. The van der Waals surface area contributed by atoms with Crippen molar-refractivity contribution in [3.63, 3.8) is 0 Å².